The maximum absolute atomic E-state index is 4.83. The van der Waals surface area contributed by atoms with Crippen molar-refractivity contribution in [1.82, 2.24) is 9.97 Å². The summed E-state index contributed by atoms with van der Waals surface area (Å²) in [7, 11) is 0.652. The molecule has 0 aliphatic heterocycles. The molecule has 1 rings (SSSR count). The second kappa shape index (κ2) is 2.42. The van der Waals surface area contributed by atoms with E-state index in [1.807, 2.05) is 0 Å². The van der Waals surface area contributed by atoms with Gasteiger partial charge < -0.3 is 4.43 Å². The van der Waals surface area contributed by atoms with Crippen molar-refractivity contribution in [2.75, 3.05) is 0 Å². The fourth-order valence-electron chi connectivity index (χ4n) is 0.391. The topological polar surface area (TPSA) is 35.0 Å². The maximum Gasteiger partial charge on any atom is 0.301 e. The molecule has 0 saturated carbocycles. The Kier molecular flexibility index (Phi) is 1.58. The van der Waals surface area contributed by atoms with Crippen LogP contribution in [0, 0.1) is 0 Å². The third kappa shape index (κ3) is 1.03. The first-order valence-corrected chi connectivity index (χ1v) is 3.06. The predicted octanol–water partition coefficient (Wildman–Crippen LogP) is -0.864. The summed E-state index contributed by atoms with van der Waals surface area (Å²) in [4.78, 5) is 7.60. The van der Waals surface area contributed by atoms with Crippen molar-refractivity contribution >= 4 is 10.5 Å². The van der Waals surface area contributed by atoms with Crippen molar-refractivity contribution in [2.45, 2.75) is 0 Å². The molecule has 4 heteroatoms. The molecule has 0 atom stereocenters. The lowest BCUT2D eigenvalue weighted by molar-refractivity contribution is 0.558. The summed E-state index contributed by atoms with van der Waals surface area (Å²) >= 11 is 0. The van der Waals surface area contributed by atoms with Crippen LogP contribution in [0.15, 0.2) is 18.5 Å². The van der Waals surface area contributed by atoms with Crippen LogP contribution < -0.4 is 4.43 Å². The number of aromatic nitrogens is 2. The van der Waals surface area contributed by atoms with Crippen LogP contribution in [0.25, 0.3) is 0 Å². The largest absolute Gasteiger partial charge is 0.527 e. The van der Waals surface area contributed by atoms with Gasteiger partial charge in [0.25, 0.3) is 0 Å². The fraction of sp³-hybridized carbons (Fsp3) is 0. The summed E-state index contributed by atoms with van der Waals surface area (Å²) in [5, 5.41) is 0. The maximum atomic E-state index is 4.83. The second-order valence-electron chi connectivity index (χ2n) is 1.24. The molecule has 0 unspecified atom stereocenters. The smallest absolute Gasteiger partial charge is 0.301 e. The lowest BCUT2D eigenvalue weighted by Gasteiger charge is -1.92. The highest BCUT2D eigenvalue weighted by Gasteiger charge is 1.83. The monoisotopic (exact) mass is 126 g/mol. The standard InChI is InChI=1S/C4H6N2OSi/c8-7-4-5-2-1-3-6-4/h1-3H,8H3. The van der Waals surface area contributed by atoms with Crippen molar-refractivity contribution in [1.29, 1.82) is 0 Å². The molecule has 1 aromatic heterocycles. The zero-order chi connectivity index (χ0) is 5.82. The van der Waals surface area contributed by atoms with Crippen LogP contribution in [-0.2, 0) is 0 Å². The summed E-state index contributed by atoms with van der Waals surface area (Å²) in [6.45, 7) is 0. The molecule has 42 valence electrons. The third-order valence-corrected chi connectivity index (χ3v) is 1.09. The Morgan fingerprint density at radius 3 is 2.38 bits per heavy atom. The quantitative estimate of drug-likeness (QED) is 0.459. The molecule has 1 heterocycles. The SMILES string of the molecule is [SiH3]Oc1ncccn1. The van der Waals surface area contributed by atoms with Gasteiger partial charge in [0.1, 0.15) is 0 Å². The van der Waals surface area contributed by atoms with Gasteiger partial charge in [-0.2, -0.15) is 0 Å². The van der Waals surface area contributed by atoms with Gasteiger partial charge in [0.05, 0.1) is 0 Å². The molecular weight excluding hydrogens is 120 g/mol. The van der Waals surface area contributed by atoms with Gasteiger partial charge in [-0.3, -0.25) is 0 Å². The molecule has 8 heavy (non-hydrogen) atoms. The van der Waals surface area contributed by atoms with Gasteiger partial charge in [-0.05, 0) is 6.07 Å². The number of hydrogen-bond acceptors (Lipinski definition) is 3. The van der Waals surface area contributed by atoms with E-state index in [1.54, 1.807) is 18.5 Å². The van der Waals surface area contributed by atoms with Gasteiger partial charge >= 0.3 is 6.01 Å². The van der Waals surface area contributed by atoms with Gasteiger partial charge in [-0.15, -0.1) is 0 Å². The van der Waals surface area contributed by atoms with Crippen LogP contribution in [0.1, 0.15) is 0 Å². The highest BCUT2D eigenvalue weighted by Crippen LogP contribution is 1.92. The van der Waals surface area contributed by atoms with Crippen LogP contribution in [0.3, 0.4) is 0 Å². The van der Waals surface area contributed by atoms with E-state index in [0.717, 1.165) is 0 Å². The first-order valence-electron chi connectivity index (χ1n) is 2.24. The minimum atomic E-state index is 0.471. The van der Waals surface area contributed by atoms with E-state index in [2.05, 4.69) is 9.97 Å². The molecule has 0 aliphatic rings. The molecule has 0 spiro atoms. The van der Waals surface area contributed by atoms with Gasteiger partial charge in [0.2, 0.25) is 10.5 Å². The molecule has 1 aromatic rings. The molecule has 3 nitrogen and oxygen atoms in total. The lowest BCUT2D eigenvalue weighted by atomic mass is 10.7. The first kappa shape index (κ1) is 5.24. The minimum Gasteiger partial charge on any atom is -0.527 e. The molecule has 0 amide bonds. The van der Waals surface area contributed by atoms with Crippen LogP contribution >= 0.6 is 0 Å². The van der Waals surface area contributed by atoms with Gasteiger partial charge in [-0.25, -0.2) is 9.97 Å². The summed E-state index contributed by atoms with van der Waals surface area (Å²) in [5.41, 5.74) is 0. The molecule has 0 N–H and O–H groups in total. The zero-order valence-corrected chi connectivity index (χ0v) is 6.53. The van der Waals surface area contributed by atoms with Gasteiger partial charge in [-0.1, -0.05) is 0 Å². The van der Waals surface area contributed by atoms with Crippen LogP contribution in [-0.4, -0.2) is 20.5 Å². The van der Waals surface area contributed by atoms with E-state index in [9.17, 15) is 0 Å². The Hall–Kier alpha value is -0.903. The Bertz CT molecular complexity index is 155. The summed E-state index contributed by atoms with van der Waals surface area (Å²) in [5.74, 6) is 0. The Labute approximate surface area is 50.3 Å². The molecule has 0 saturated heterocycles. The number of nitrogens with zero attached hydrogens (tertiary/aromatic N) is 2. The van der Waals surface area contributed by atoms with Crippen molar-refractivity contribution in [3.63, 3.8) is 0 Å². The minimum absolute atomic E-state index is 0.471. The van der Waals surface area contributed by atoms with E-state index >= 15 is 0 Å². The van der Waals surface area contributed by atoms with E-state index < -0.39 is 0 Å². The Balaban J connectivity index is 2.83. The molecule has 0 radical (unpaired) electrons. The fourth-order valence-corrected chi connectivity index (χ4v) is 0.602. The third-order valence-electron chi connectivity index (χ3n) is 0.725. The van der Waals surface area contributed by atoms with E-state index in [0.29, 0.717) is 16.5 Å². The number of hydrogen-bond donors (Lipinski definition) is 0. The van der Waals surface area contributed by atoms with E-state index in [1.165, 1.54) is 0 Å². The molecule has 0 aliphatic carbocycles. The Morgan fingerprint density at radius 1 is 1.38 bits per heavy atom. The molecule has 0 aromatic carbocycles. The molecular formula is C4H6N2OSi. The van der Waals surface area contributed by atoms with Crippen molar-refractivity contribution in [3.05, 3.63) is 18.5 Å². The van der Waals surface area contributed by atoms with Gasteiger partial charge in [0, 0.05) is 12.4 Å². The Morgan fingerprint density at radius 2 is 2.00 bits per heavy atom. The molecule has 0 bridgehead atoms. The average Bonchev–Trinajstić information content (AvgIpc) is 1.90. The van der Waals surface area contributed by atoms with Gasteiger partial charge in [0.15, 0.2) is 0 Å². The van der Waals surface area contributed by atoms with Crippen LogP contribution in [0.4, 0.5) is 0 Å². The normalized spacial score (nSPS) is 9.00. The van der Waals surface area contributed by atoms with E-state index in [-0.39, 0.29) is 0 Å². The average molecular weight is 126 g/mol. The first-order chi connectivity index (χ1) is 3.93. The summed E-state index contributed by atoms with van der Waals surface area (Å²) < 4.78 is 4.83. The summed E-state index contributed by atoms with van der Waals surface area (Å²) in [6, 6.07) is 2.23. The lowest BCUT2D eigenvalue weighted by Crippen LogP contribution is -1.89. The van der Waals surface area contributed by atoms with E-state index in [4.69, 9.17) is 4.43 Å². The van der Waals surface area contributed by atoms with Crippen LogP contribution in [0.5, 0.6) is 6.01 Å². The van der Waals surface area contributed by atoms with Crippen molar-refractivity contribution in [2.24, 2.45) is 0 Å². The highest BCUT2D eigenvalue weighted by molar-refractivity contribution is 5.99. The molecule has 0 fully saturated rings. The number of rotatable bonds is 1. The van der Waals surface area contributed by atoms with Crippen LogP contribution in [0.2, 0.25) is 0 Å². The second-order valence-corrected chi connectivity index (χ2v) is 1.64. The van der Waals surface area contributed by atoms with Crippen molar-refractivity contribution in [3.8, 4) is 6.01 Å². The zero-order valence-electron chi connectivity index (χ0n) is 4.53. The highest BCUT2D eigenvalue weighted by atomic mass is 28.2. The van der Waals surface area contributed by atoms with Crippen molar-refractivity contribution < 1.29 is 4.43 Å². The predicted molar refractivity (Wildman–Crippen MR) is 32.6 cm³/mol. The summed E-state index contributed by atoms with van der Waals surface area (Å²) in [6.07, 6.45) is 3.31.